The monoisotopic (exact) mass is 526 g/mol. The zero-order valence-corrected chi connectivity index (χ0v) is 22.0. The quantitative estimate of drug-likeness (QED) is 0.488. The summed E-state index contributed by atoms with van der Waals surface area (Å²) in [7, 11) is 0. The van der Waals surface area contributed by atoms with Crippen LogP contribution in [0.25, 0.3) is 11.1 Å². The Labute approximate surface area is 212 Å². The Hall–Kier alpha value is -2.11. The molecule has 0 aliphatic carbocycles. The number of hydrogen-bond acceptors (Lipinski definition) is 5. The molecule has 0 spiro atoms. The number of hydrogen-bond donors (Lipinski definition) is 2. The molecule has 35 heavy (non-hydrogen) atoms. The lowest BCUT2D eigenvalue weighted by atomic mass is 9.68. The van der Waals surface area contributed by atoms with E-state index in [1.165, 1.54) is 0 Å². The summed E-state index contributed by atoms with van der Waals surface area (Å²) >= 11 is 3.90. The van der Waals surface area contributed by atoms with Crippen LogP contribution in [0.4, 0.5) is 9.18 Å². The molecule has 0 radical (unpaired) electrons. The van der Waals surface area contributed by atoms with Crippen molar-refractivity contribution in [2.45, 2.75) is 65.0 Å². The average molecular weight is 527 g/mol. The van der Waals surface area contributed by atoms with Crippen LogP contribution in [0.5, 0.6) is 0 Å². The second-order valence-corrected chi connectivity index (χ2v) is 11.3. The number of carbonyl (C=O) groups is 1. The zero-order valence-electron chi connectivity index (χ0n) is 20.5. The van der Waals surface area contributed by atoms with Gasteiger partial charge in [0.15, 0.2) is 0 Å². The Kier molecular flexibility index (Phi) is 7.65. The number of ether oxygens (including phenoxy) is 1. The van der Waals surface area contributed by atoms with Gasteiger partial charge in [-0.05, 0) is 43.4 Å². The van der Waals surface area contributed by atoms with E-state index in [9.17, 15) is 23.1 Å². The standard InChI is InChI=1S/C24H31ClFN3O5S/c1-14(28-35(32)33)19-18(25)11-17(12-27-19)15-7-9-16(10-8-15)20-24(13-26,22(2,3)4)29(21(30)31)23(5,6)34-20/h7-12,14,20,28H,13H2,1-6H3,(H,30,31)(H,32,33)/p-1/t14?,20-,24-/m1/s1. The lowest BCUT2D eigenvalue weighted by Gasteiger charge is -2.48. The normalized spacial score (nSPS) is 23.8. The smallest absolute Gasteiger partial charge is 0.410 e. The second kappa shape index (κ2) is 9.74. The van der Waals surface area contributed by atoms with Crippen LogP contribution >= 0.6 is 11.6 Å². The van der Waals surface area contributed by atoms with Crippen molar-refractivity contribution in [1.29, 1.82) is 0 Å². The van der Waals surface area contributed by atoms with Gasteiger partial charge in [0.1, 0.15) is 24.0 Å². The summed E-state index contributed by atoms with van der Waals surface area (Å²) in [5.74, 6) is 0. The summed E-state index contributed by atoms with van der Waals surface area (Å²) in [5, 5.41) is 10.3. The molecule has 1 amide bonds. The molecule has 1 aliphatic heterocycles. The number of aromatic nitrogens is 1. The highest BCUT2D eigenvalue weighted by Gasteiger charge is 2.66. The van der Waals surface area contributed by atoms with Crippen molar-refractivity contribution in [3.63, 3.8) is 0 Å². The number of rotatable bonds is 6. The van der Waals surface area contributed by atoms with Gasteiger partial charge in [0.2, 0.25) is 0 Å². The Morgan fingerprint density at radius 3 is 2.40 bits per heavy atom. The fourth-order valence-corrected chi connectivity index (χ4v) is 5.55. The lowest BCUT2D eigenvalue weighted by Crippen LogP contribution is -2.63. The lowest BCUT2D eigenvalue weighted by molar-refractivity contribution is -0.0696. The molecule has 1 aliphatic rings. The van der Waals surface area contributed by atoms with Crippen LogP contribution in [-0.2, 0) is 16.0 Å². The largest absolute Gasteiger partial charge is 0.760 e. The van der Waals surface area contributed by atoms with E-state index >= 15 is 0 Å². The minimum absolute atomic E-state index is 0.305. The summed E-state index contributed by atoms with van der Waals surface area (Å²) in [4.78, 5) is 17.7. The maximum atomic E-state index is 14.9. The van der Waals surface area contributed by atoms with E-state index in [1.54, 1.807) is 45.2 Å². The molecule has 2 heterocycles. The van der Waals surface area contributed by atoms with Crippen LogP contribution in [0.2, 0.25) is 5.02 Å². The molecule has 0 saturated carbocycles. The fraction of sp³-hybridized carbons (Fsp3) is 0.500. The Balaban J connectivity index is 1.99. The van der Waals surface area contributed by atoms with Crippen LogP contribution in [0.1, 0.15) is 64.9 Å². The van der Waals surface area contributed by atoms with E-state index < -0.39 is 52.9 Å². The molecule has 2 unspecified atom stereocenters. The van der Waals surface area contributed by atoms with E-state index in [2.05, 4.69) is 9.71 Å². The van der Waals surface area contributed by atoms with E-state index in [4.69, 9.17) is 16.3 Å². The van der Waals surface area contributed by atoms with Gasteiger partial charge >= 0.3 is 6.09 Å². The van der Waals surface area contributed by atoms with Gasteiger partial charge in [-0.2, -0.15) is 0 Å². The highest BCUT2D eigenvalue weighted by atomic mass is 35.5. The van der Waals surface area contributed by atoms with Crippen molar-refractivity contribution in [3.05, 3.63) is 52.8 Å². The number of nitrogens with zero attached hydrogens (tertiary/aromatic N) is 2. The topological polar surface area (TPSA) is 115 Å². The van der Waals surface area contributed by atoms with E-state index in [0.717, 1.165) is 10.5 Å². The highest BCUT2D eigenvalue weighted by Crippen LogP contribution is 2.56. The molecule has 1 fully saturated rings. The summed E-state index contributed by atoms with van der Waals surface area (Å²) in [6.07, 6.45) is -0.492. The Morgan fingerprint density at radius 1 is 1.34 bits per heavy atom. The number of amides is 1. The summed E-state index contributed by atoms with van der Waals surface area (Å²) in [6.45, 7) is 9.39. The van der Waals surface area contributed by atoms with Gasteiger partial charge < -0.3 is 14.4 Å². The average Bonchev–Trinajstić information content (AvgIpc) is 3.01. The van der Waals surface area contributed by atoms with Gasteiger partial charge in [-0.15, -0.1) is 0 Å². The summed E-state index contributed by atoms with van der Waals surface area (Å²) < 4.78 is 45.2. The molecule has 1 aromatic carbocycles. The first-order valence-corrected chi connectivity index (χ1v) is 12.5. The van der Waals surface area contributed by atoms with Crippen LogP contribution in [0, 0.1) is 5.41 Å². The molecule has 1 saturated heterocycles. The fourth-order valence-electron chi connectivity index (χ4n) is 4.82. The third-order valence-corrected chi connectivity index (χ3v) is 7.42. The van der Waals surface area contributed by atoms with Crippen LogP contribution in [0.15, 0.2) is 36.5 Å². The van der Waals surface area contributed by atoms with Gasteiger partial charge in [0.25, 0.3) is 0 Å². The third-order valence-electron chi connectivity index (χ3n) is 6.57. The van der Waals surface area contributed by atoms with E-state index in [0.29, 0.717) is 21.8 Å². The molecule has 0 bridgehead atoms. The predicted molar refractivity (Wildman–Crippen MR) is 131 cm³/mol. The molecular weight excluding hydrogens is 497 g/mol. The van der Waals surface area contributed by atoms with Crippen molar-refractivity contribution < 1.29 is 27.8 Å². The van der Waals surface area contributed by atoms with Crippen molar-refractivity contribution in [2.75, 3.05) is 6.67 Å². The maximum Gasteiger partial charge on any atom is 0.410 e. The number of carboxylic acid groups (broad SMARTS) is 1. The minimum atomic E-state index is -2.45. The molecular formula is C24H30ClFN3O5S-. The maximum absolute atomic E-state index is 14.9. The minimum Gasteiger partial charge on any atom is -0.760 e. The second-order valence-electron chi connectivity index (χ2n) is 10.2. The molecule has 1 aromatic heterocycles. The Bertz CT molecular complexity index is 1130. The summed E-state index contributed by atoms with van der Waals surface area (Å²) in [5.41, 5.74) is -0.941. The van der Waals surface area contributed by atoms with Crippen molar-refractivity contribution in [2.24, 2.45) is 5.41 Å². The highest BCUT2D eigenvalue weighted by molar-refractivity contribution is 7.77. The number of halogens is 2. The van der Waals surface area contributed by atoms with Crippen molar-refractivity contribution in [1.82, 2.24) is 14.6 Å². The van der Waals surface area contributed by atoms with Gasteiger partial charge in [-0.1, -0.05) is 56.6 Å². The summed E-state index contributed by atoms with van der Waals surface area (Å²) in [6, 6.07) is 8.27. The molecule has 8 nitrogen and oxygen atoms in total. The molecule has 4 atom stereocenters. The molecule has 3 rings (SSSR count). The number of benzene rings is 1. The van der Waals surface area contributed by atoms with Crippen LogP contribution in [-0.4, -0.2) is 47.8 Å². The SMILES string of the molecule is CC(NS(=O)[O-])c1ncc(-c2ccc([C@H]3OC(C)(C)N(C(=O)O)[C@@]3(CF)C(C)(C)C)cc2)cc1Cl. The number of alkyl halides is 1. The van der Waals surface area contributed by atoms with Gasteiger partial charge in [0.05, 0.1) is 16.8 Å². The van der Waals surface area contributed by atoms with Gasteiger partial charge in [0, 0.05) is 23.0 Å². The Morgan fingerprint density at radius 2 is 1.94 bits per heavy atom. The van der Waals surface area contributed by atoms with E-state index in [1.807, 2.05) is 32.9 Å². The molecule has 2 N–H and O–H groups in total. The predicted octanol–water partition coefficient (Wildman–Crippen LogP) is 5.39. The van der Waals surface area contributed by atoms with Gasteiger partial charge in [-0.3, -0.25) is 14.1 Å². The number of pyridine rings is 1. The van der Waals surface area contributed by atoms with Crippen molar-refractivity contribution >= 4 is 29.0 Å². The first-order chi connectivity index (χ1) is 16.2. The van der Waals surface area contributed by atoms with Crippen LogP contribution in [0.3, 0.4) is 0 Å². The third kappa shape index (κ3) is 4.95. The van der Waals surface area contributed by atoms with Crippen molar-refractivity contribution in [3.8, 4) is 11.1 Å². The molecule has 2 aromatic rings. The number of nitrogens with one attached hydrogen (secondary N) is 1. The van der Waals surface area contributed by atoms with Gasteiger partial charge in [-0.25, -0.2) is 13.9 Å². The molecule has 192 valence electrons. The first kappa shape index (κ1) is 27.5. The van der Waals surface area contributed by atoms with E-state index in [-0.39, 0.29) is 0 Å². The zero-order chi connectivity index (χ0) is 26.3. The van der Waals surface area contributed by atoms with Crippen LogP contribution < -0.4 is 4.72 Å². The molecule has 11 heteroatoms. The first-order valence-electron chi connectivity index (χ1n) is 11.0.